The summed E-state index contributed by atoms with van der Waals surface area (Å²) in [6.07, 6.45) is 0. The Morgan fingerprint density at radius 1 is 0.339 bits per heavy atom. The van der Waals surface area contributed by atoms with Crippen molar-refractivity contribution in [1.29, 1.82) is 0 Å². The van der Waals surface area contributed by atoms with E-state index in [1.807, 2.05) is 60.7 Å². The Balaban J connectivity index is 1.13. The van der Waals surface area contributed by atoms with Gasteiger partial charge in [-0.3, -0.25) is 0 Å². The molecular formula is C51H32N4O. The largest absolute Gasteiger partial charge is 0.456 e. The Morgan fingerprint density at radius 2 is 0.857 bits per heavy atom. The molecule has 8 aromatic carbocycles. The zero-order valence-electron chi connectivity index (χ0n) is 30.2. The smallest absolute Gasteiger partial charge is 0.164 e. The quantitative estimate of drug-likeness (QED) is 0.172. The summed E-state index contributed by atoms with van der Waals surface area (Å²) in [5, 5.41) is 4.51. The minimum absolute atomic E-state index is 0.587. The first-order valence-electron chi connectivity index (χ1n) is 18.8. The number of benzene rings is 8. The maximum absolute atomic E-state index is 6.88. The van der Waals surface area contributed by atoms with Crippen LogP contribution in [0.5, 0.6) is 0 Å². The van der Waals surface area contributed by atoms with E-state index in [2.05, 4.69) is 138 Å². The SMILES string of the molecule is c1ccc(-c2ccc3c4ccccc4n(-c4cc(-c5ccccc5)c5c(c4)oc4cc(-c6nc(-c7ccccc7)nc(-c7ccccc7)n6)ccc45)c3c2)cc1. The molecule has 0 saturated heterocycles. The Labute approximate surface area is 322 Å². The second-order valence-electron chi connectivity index (χ2n) is 14.0. The first-order valence-corrected chi connectivity index (χ1v) is 18.8. The predicted octanol–water partition coefficient (Wildman–Crippen LogP) is 13.2. The molecule has 0 atom stereocenters. The molecule has 0 fully saturated rings. The molecule has 5 heteroatoms. The molecule has 0 N–H and O–H groups in total. The molecule has 0 saturated carbocycles. The molecule has 0 aliphatic rings. The summed E-state index contributed by atoms with van der Waals surface area (Å²) < 4.78 is 9.26. The van der Waals surface area contributed by atoms with E-state index in [4.69, 9.17) is 19.4 Å². The molecule has 0 unspecified atom stereocenters. The third kappa shape index (κ3) is 5.37. The number of para-hydroxylation sites is 1. The minimum Gasteiger partial charge on any atom is -0.456 e. The van der Waals surface area contributed by atoms with Crippen molar-refractivity contribution in [2.75, 3.05) is 0 Å². The molecule has 3 heterocycles. The van der Waals surface area contributed by atoms with Crippen LogP contribution in [0.1, 0.15) is 0 Å². The highest BCUT2D eigenvalue weighted by Crippen LogP contribution is 2.42. The third-order valence-electron chi connectivity index (χ3n) is 10.6. The summed E-state index contributed by atoms with van der Waals surface area (Å²) in [5.41, 5.74) is 12.2. The topological polar surface area (TPSA) is 56.7 Å². The van der Waals surface area contributed by atoms with Crippen LogP contribution >= 0.6 is 0 Å². The average molecular weight is 717 g/mol. The number of rotatable bonds is 6. The maximum Gasteiger partial charge on any atom is 0.164 e. The fraction of sp³-hybridized carbons (Fsp3) is 0. The molecule has 11 aromatic rings. The van der Waals surface area contributed by atoms with Crippen LogP contribution in [-0.4, -0.2) is 19.5 Å². The van der Waals surface area contributed by atoms with Crippen molar-refractivity contribution in [3.63, 3.8) is 0 Å². The Hall–Kier alpha value is -7.63. The van der Waals surface area contributed by atoms with Crippen LogP contribution in [0.3, 0.4) is 0 Å². The van der Waals surface area contributed by atoms with Crippen LogP contribution in [0.4, 0.5) is 0 Å². The summed E-state index contributed by atoms with van der Waals surface area (Å²) in [6, 6.07) is 67.5. The second kappa shape index (κ2) is 13.0. The van der Waals surface area contributed by atoms with Crippen LogP contribution in [0, 0.1) is 0 Å². The second-order valence-corrected chi connectivity index (χ2v) is 14.0. The summed E-state index contributed by atoms with van der Waals surface area (Å²) >= 11 is 0. The van der Waals surface area contributed by atoms with E-state index in [1.165, 1.54) is 21.9 Å². The monoisotopic (exact) mass is 716 g/mol. The lowest BCUT2D eigenvalue weighted by atomic mass is 9.98. The van der Waals surface area contributed by atoms with Crippen molar-refractivity contribution in [2.24, 2.45) is 0 Å². The van der Waals surface area contributed by atoms with E-state index in [1.54, 1.807) is 0 Å². The van der Waals surface area contributed by atoms with E-state index in [0.717, 1.165) is 66.5 Å². The molecule has 0 spiro atoms. The van der Waals surface area contributed by atoms with Crippen LogP contribution < -0.4 is 0 Å². The first kappa shape index (κ1) is 31.9. The maximum atomic E-state index is 6.88. The van der Waals surface area contributed by atoms with Crippen LogP contribution in [0.15, 0.2) is 199 Å². The van der Waals surface area contributed by atoms with E-state index < -0.39 is 0 Å². The fourth-order valence-corrected chi connectivity index (χ4v) is 8.00. The van der Waals surface area contributed by atoms with Gasteiger partial charge in [-0.2, -0.15) is 0 Å². The van der Waals surface area contributed by atoms with Gasteiger partial charge in [0.15, 0.2) is 17.5 Å². The number of hydrogen-bond acceptors (Lipinski definition) is 4. The summed E-state index contributed by atoms with van der Waals surface area (Å²) in [6.45, 7) is 0. The van der Waals surface area contributed by atoms with E-state index in [9.17, 15) is 0 Å². The lowest BCUT2D eigenvalue weighted by molar-refractivity contribution is 0.669. The minimum atomic E-state index is 0.587. The number of hydrogen-bond donors (Lipinski definition) is 0. The van der Waals surface area contributed by atoms with Gasteiger partial charge in [0.05, 0.1) is 16.7 Å². The molecule has 5 nitrogen and oxygen atoms in total. The van der Waals surface area contributed by atoms with Crippen molar-refractivity contribution in [3.8, 4) is 62.1 Å². The van der Waals surface area contributed by atoms with Gasteiger partial charge in [0.2, 0.25) is 0 Å². The summed E-state index contributed by atoms with van der Waals surface area (Å²) in [7, 11) is 0. The standard InChI is InChI=1S/C51H32N4O/c1-5-15-33(16-6-1)37-25-27-41-40-23-13-14-24-44(40)55(45(41)29-37)39-31-43(34-17-7-2-8-18-34)48-42-28-26-38(30-46(42)56-47(48)32-39)51-53-49(35-19-9-3-10-20-35)52-50(54-51)36-21-11-4-12-22-36/h1-32H. The van der Waals surface area contributed by atoms with Crippen LogP contribution in [0.2, 0.25) is 0 Å². The molecule has 262 valence electrons. The highest BCUT2D eigenvalue weighted by Gasteiger charge is 2.20. The van der Waals surface area contributed by atoms with Crippen LogP contribution in [0.25, 0.3) is 106 Å². The fourth-order valence-electron chi connectivity index (χ4n) is 8.00. The molecule has 0 amide bonds. The van der Waals surface area contributed by atoms with Crippen LogP contribution in [-0.2, 0) is 0 Å². The van der Waals surface area contributed by atoms with Crippen molar-refractivity contribution >= 4 is 43.7 Å². The molecule has 0 aliphatic carbocycles. The summed E-state index contributed by atoms with van der Waals surface area (Å²) in [5.74, 6) is 1.83. The Kier molecular flexibility index (Phi) is 7.42. The molecular weight excluding hydrogens is 685 g/mol. The van der Waals surface area contributed by atoms with Crippen molar-refractivity contribution in [2.45, 2.75) is 0 Å². The number of fused-ring (bicyclic) bond motifs is 6. The van der Waals surface area contributed by atoms with E-state index in [-0.39, 0.29) is 0 Å². The summed E-state index contributed by atoms with van der Waals surface area (Å²) in [4.78, 5) is 14.9. The lowest BCUT2D eigenvalue weighted by Gasteiger charge is -2.12. The Bertz CT molecular complexity index is 3170. The van der Waals surface area contributed by atoms with Gasteiger partial charge >= 0.3 is 0 Å². The molecule has 0 radical (unpaired) electrons. The van der Waals surface area contributed by atoms with Gasteiger partial charge in [0.25, 0.3) is 0 Å². The first-order chi connectivity index (χ1) is 27.7. The van der Waals surface area contributed by atoms with Gasteiger partial charge in [-0.05, 0) is 52.6 Å². The van der Waals surface area contributed by atoms with Gasteiger partial charge in [-0.1, -0.05) is 158 Å². The van der Waals surface area contributed by atoms with Crippen molar-refractivity contribution in [1.82, 2.24) is 19.5 Å². The van der Waals surface area contributed by atoms with Gasteiger partial charge in [-0.15, -0.1) is 0 Å². The molecule has 3 aromatic heterocycles. The van der Waals surface area contributed by atoms with E-state index in [0.29, 0.717) is 17.5 Å². The van der Waals surface area contributed by atoms with Gasteiger partial charge in [0.1, 0.15) is 11.2 Å². The predicted molar refractivity (Wildman–Crippen MR) is 229 cm³/mol. The molecule has 56 heavy (non-hydrogen) atoms. The van der Waals surface area contributed by atoms with Gasteiger partial charge in [0, 0.05) is 44.3 Å². The molecule has 11 rings (SSSR count). The van der Waals surface area contributed by atoms with Gasteiger partial charge < -0.3 is 8.98 Å². The van der Waals surface area contributed by atoms with Gasteiger partial charge in [-0.25, -0.2) is 15.0 Å². The Morgan fingerprint density at radius 3 is 1.52 bits per heavy atom. The normalized spacial score (nSPS) is 11.6. The van der Waals surface area contributed by atoms with Crippen molar-refractivity contribution < 1.29 is 4.42 Å². The number of aromatic nitrogens is 4. The van der Waals surface area contributed by atoms with E-state index >= 15 is 0 Å². The highest BCUT2D eigenvalue weighted by atomic mass is 16.3. The zero-order chi connectivity index (χ0) is 37.0. The number of furan rings is 1. The lowest BCUT2D eigenvalue weighted by Crippen LogP contribution is -2.00. The van der Waals surface area contributed by atoms with Crippen molar-refractivity contribution in [3.05, 3.63) is 194 Å². The highest BCUT2D eigenvalue weighted by molar-refractivity contribution is 6.15. The number of nitrogens with zero attached hydrogens (tertiary/aromatic N) is 4. The molecule has 0 aliphatic heterocycles. The molecule has 0 bridgehead atoms. The zero-order valence-corrected chi connectivity index (χ0v) is 30.2. The average Bonchev–Trinajstić information content (AvgIpc) is 3.82. The third-order valence-corrected chi connectivity index (χ3v) is 10.6.